The van der Waals surface area contributed by atoms with Gasteiger partial charge in [-0.25, -0.2) is 4.98 Å². The zero-order valence-corrected chi connectivity index (χ0v) is 13.0. The Morgan fingerprint density at radius 1 is 1.27 bits per heavy atom. The molecule has 0 aliphatic carbocycles. The summed E-state index contributed by atoms with van der Waals surface area (Å²) < 4.78 is 5.71. The Bertz CT molecular complexity index is 633. The van der Waals surface area contributed by atoms with E-state index in [4.69, 9.17) is 16.0 Å². The fraction of sp³-hybridized carbons (Fsp3) is 0.375. The lowest BCUT2D eigenvalue weighted by Gasteiger charge is -2.27. The molecule has 1 fully saturated rings. The number of hydrogen-bond donors (Lipinski definition) is 1. The predicted molar refractivity (Wildman–Crippen MR) is 84.7 cm³/mol. The zero-order valence-electron chi connectivity index (χ0n) is 12.2. The van der Waals surface area contributed by atoms with Crippen molar-refractivity contribution in [1.82, 2.24) is 15.2 Å². The van der Waals surface area contributed by atoms with E-state index in [0.717, 1.165) is 31.7 Å². The Labute approximate surface area is 134 Å². The van der Waals surface area contributed by atoms with E-state index in [1.54, 1.807) is 6.20 Å². The minimum absolute atomic E-state index is 0.160. The summed E-state index contributed by atoms with van der Waals surface area (Å²) in [4.78, 5) is 18.2. The van der Waals surface area contributed by atoms with Gasteiger partial charge in [0, 0.05) is 49.6 Å². The molecule has 1 saturated heterocycles. The quantitative estimate of drug-likeness (QED) is 0.940. The maximum Gasteiger partial charge on any atom is 0.223 e. The fourth-order valence-electron chi connectivity index (χ4n) is 2.46. The van der Waals surface area contributed by atoms with Crippen LogP contribution >= 0.6 is 11.6 Å². The second-order valence-corrected chi connectivity index (χ2v) is 5.69. The Balaban J connectivity index is 1.57. The van der Waals surface area contributed by atoms with E-state index in [9.17, 15) is 4.79 Å². The van der Waals surface area contributed by atoms with Crippen molar-refractivity contribution in [3.8, 4) is 11.3 Å². The molecule has 1 amide bonds. The van der Waals surface area contributed by atoms with Gasteiger partial charge in [0.05, 0.1) is 6.20 Å². The number of carbonyl (C=O) groups is 1. The van der Waals surface area contributed by atoms with Gasteiger partial charge in [-0.3, -0.25) is 4.79 Å². The number of nitrogens with one attached hydrogen (secondary N) is 1. The Morgan fingerprint density at radius 3 is 2.73 bits per heavy atom. The van der Waals surface area contributed by atoms with Gasteiger partial charge in [-0.05, 0) is 24.3 Å². The van der Waals surface area contributed by atoms with Crippen LogP contribution in [0.15, 0.2) is 34.9 Å². The van der Waals surface area contributed by atoms with E-state index in [-0.39, 0.29) is 5.91 Å². The Morgan fingerprint density at radius 2 is 2.00 bits per heavy atom. The smallest absolute Gasteiger partial charge is 0.223 e. The van der Waals surface area contributed by atoms with Crippen molar-refractivity contribution >= 4 is 17.5 Å². The van der Waals surface area contributed by atoms with Crippen LogP contribution in [0.25, 0.3) is 11.3 Å². The van der Waals surface area contributed by atoms with Crippen LogP contribution in [0.5, 0.6) is 0 Å². The van der Waals surface area contributed by atoms with Crippen LogP contribution in [0, 0.1) is 0 Å². The molecule has 1 aliphatic heterocycles. The van der Waals surface area contributed by atoms with Gasteiger partial charge in [-0.2, -0.15) is 0 Å². The second kappa shape index (κ2) is 6.94. The molecule has 0 bridgehead atoms. The Kier molecular flexibility index (Phi) is 4.75. The van der Waals surface area contributed by atoms with Crippen LogP contribution < -0.4 is 5.32 Å². The van der Waals surface area contributed by atoms with Crippen molar-refractivity contribution in [3.63, 3.8) is 0 Å². The van der Waals surface area contributed by atoms with Crippen molar-refractivity contribution < 1.29 is 9.21 Å². The van der Waals surface area contributed by atoms with Crippen LogP contribution in [0.3, 0.4) is 0 Å². The molecule has 2 heterocycles. The number of aryl methyl sites for hydroxylation is 1. The monoisotopic (exact) mass is 319 g/mol. The summed E-state index contributed by atoms with van der Waals surface area (Å²) in [6.07, 6.45) is 2.64. The van der Waals surface area contributed by atoms with Gasteiger partial charge in [0.2, 0.25) is 5.91 Å². The third-order valence-corrected chi connectivity index (χ3v) is 3.96. The maximum atomic E-state index is 12.1. The standard InChI is InChI=1S/C16H18ClN3O2/c17-13-3-1-12(2-4-13)14-11-19-15(22-14)5-6-16(21)20-9-7-18-8-10-20/h1-4,11,18H,5-10H2. The first-order valence-corrected chi connectivity index (χ1v) is 7.79. The molecule has 2 aromatic rings. The SMILES string of the molecule is O=C(CCc1ncc(-c2ccc(Cl)cc2)o1)N1CCNCC1. The molecule has 116 valence electrons. The number of nitrogens with zero attached hydrogens (tertiary/aromatic N) is 2. The molecule has 5 nitrogen and oxygen atoms in total. The van der Waals surface area contributed by atoms with Crippen LogP contribution in [-0.2, 0) is 11.2 Å². The van der Waals surface area contributed by atoms with Crippen molar-refractivity contribution in [2.24, 2.45) is 0 Å². The van der Waals surface area contributed by atoms with E-state index in [1.807, 2.05) is 29.2 Å². The maximum absolute atomic E-state index is 12.1. The van der Waals surface area contributed by atoms with Gasteiger partial charge in [-0.1, -0.05) is 11.6 Å². The van der Waals surface area contributed by atoms with Crippen LogP contribution in [-0.4, -0.2) is 42.0 Å². The lowest BCUT2D eigenvalue weighted by atomic mass is 10.2. The van der Waals surface area contributed by atoms with Gasteiger partial charge in [-0.15, -0.1) is 0 Å². The third-order valence-electron chi connectivity index (χ3n) is 3.70. The average molecular weight is 320 g/mol. The normalized spacial score (nSPS) is 15.0. The molecule has 0 spiro atoms. The highest BCUT2D eigenvalue weighted by Gasteiger charge is 2.17. The number of halogens is 1. The first-order chi connectivity index (χ1) is 10.7. The van der Waals surface area contributed by atoms with E-state index in [0.29, 0.717) is 29.5 Å². The molecule has 0 radical (unpaired) electrons. The summed E-state index contributed by atoms with van der Waals surface area (Å²) in [5.41, 5.74) is 0.927. The Hall–Kier alpha value is -1.85. The van der Waals surface area contributed by atoms with Gasteiger partial charge in [0.1, 0.15) is 0 Å². The van der Waals surface area contributed by atoms with Crippen molar-refractivity contribution in [1.29, 1.82) is 0 Å². The van der Waals surface area contributed by atoms with Gasteiger partial charge < -0.3 is 14.6 Å². The molecule has 1 aromatic heterocycles. The number of aromatic nitrogens is 1. The molecule has 6 heteroatoms. The van der Waals surface area contributed by atoms with Crippen molar-refractivity contribution in [3.05, 3.63) is 41.4 Å². The molecular weight excluding hydrogens is 302 g/mol. The molecule has 1 N–H and O–H groups in total. The lowest BCUT2D eigenvalue weighted by molar-refractivity contribution is -0.131. The molecule has 0 atom stereocenters. The third kappa shape index (κ3) is 3.67. The molecule has 22 heavy (non-hydrogen) atoms. The average Bonchev–Trinajstić information content (AvgIpc) is 3.03. The highest BCUT2D eigenvalue weighted by Crippen LogP contribution is 2.22. The predicted octanol–water partition coefficient (Wildman–Crippen LogP) is 2.36. The molecule has 3 rings (SSSR count). The number of piperazine rings is 1. The van der Waals surface area contributed by atoms with E-state index < -0.39 is 0 Å². The zero-order chi connectivity index (χ0) is 15.4. The molecule has 0 saturated carbocycles. The van der Waals surface area contributed by atoms with Gasteiger partial charge in [0.15, 0.2) is 11.7 Å². The lowest BCUT2D eigenvalue weighted by Crippen LogP contribution is -2.46. The number of oxazole rings is 1. The molecule has 1 aliphatic rings. The molecule has 1 aromatic carbocycles. The first kappa shape index (κ1) is 15.1. The number of carbonyl (C=O) groups excluding carboxylic acids is 1. The molecular formula is C16H18ClN3O2. The largest absolute Gasteiger partial charge is 0.441 e. The summed E-state index contributed by atoms with van der Waals surface area (Å²) in [7, 11) is 0. The number of amides is 1. The summed E-state index contributed by atoms with van der Waals surface area (Å²) in [6.45, 7) is 3.29. The van der Waals surface area contributed by atoms with Crippen LogP contribution in [0.1, 0.15) is 12.3 Å². The second-order valence-electron chi connectivity index (χ2n) is 5.26. The van der Waals surface area contributed by atoms with Gasteiger partial charge in [0.25, 0.3) is 0 Å². The highest BCUT2D eigenvalue weighted by atomic mass is 35.5. The summed E-state index contributed by atoms with van der Waals surface area (Å²) in [6, 6.07) is 7.40. The number of rotatable bonds is 4. The van der Waals surface area contributed by atoms with E-state index >= 15 is 0 Å². The summed E-state index contributed by atoms with van der Waals surface area (Å²) in [5, 5.41) is 3.92. The molecule has 0 unspecified atom stereocenters. The minimum Gasteiger partial charge on any atom is -0.441 e. The van der Waals surface area contributed by atoms with E-state index in [1.165, 1.54) is 0 Å². The van der Waals surface area contributed by atoms with Crippen LogP contribution in [0.4, 0.5) is 0 Å². The minimum atomic E-state index is 0.160. The number of benzene rings is 1. The van der Waals surface area contributed by atoms with Gasteiger partial charge >= 0.3 is 0 Å². The van der Waals surface area contributed by atoms with Crippen molar-refractivity contribution in [2.45, 2.75) is 12.8 Å². The topological polar surface area (TPSA) is 58.4 Å². The summed E-state index contributed by atoms with van der Waals surface area (Å²) >= 11 is 5.87. The summed E-state index contributed by atoms with van der Waals surface area (Å²) in [5.74, 6) is 1.45. The van der Waals surface area contributed by atoms with Crippen LogP contribution in [0.2, 0.25) is 5.02 Å². The number of hydrogen-bond acceptors (Lipinski definition) is 4. The highest BCUT2D eigenvalue weighted by molar-refractivity contribution is 6.30. The van der Waals surface area contributed by atoms with E-state index in [2.05, 4.69) is 10.3 Å². The van der Waals surface area contributed by atoms with Crippen molar-refractivity contribution in [2.75, 3.05) is 26.2 Å². The fourth-order valence-corrected chi connectivity index (χ4v) is 2.59. The first-order valence-electron chi connectivity index (χ1n) is 7.41.